The topological polar surface area (TPSA) is 57.7 Å². The van der Waals surface area contributed by atoms with Gasteiger partial charge >= 0.3 is 0 Å². The van der Waals surface area contributed by atoms with Crippen molar-refractivity contribution in [1.82, 2.24) is 9.80 Å². The highest BCUT2D eigenvalue weighted by Crippen LogP contribution is 2.27. The van der Waals surface area contributed by atoms with Crippen LogP contribution < -0.4 is 0 Å². The Labute approximate surface area is 145 Å². The van der Waals surface area contributed by atoms with Gasteiger partial charge in [-0.1, -0.05) is 18.2 Å². The van der Waals surface area contributed by atoms with Gasteiger partial charge in [0, 0.05) is 36.9 Å². The number of fused-ring (bicyclic) bond motifs is 1. The zero-order valence-corrected chi connectivity index (χ0v) is 15.0. The lowest BCUT2D eigenvalue weighted by Gasteiger charge is -2.37. The molecule has 2 aliphatic heterocycles. The molecule has 2 aromatic rings. The fourth-order valence-corrected chi connectivity index (χ4v) is 6.39. The van der Waals surface area contributed by atoms with Crippen LogP contribution in [0.5, 0.6) is 0 Å². The van der Waals surface area contributed by atoms with E-state index in [4.69, 9.17) is 0 Å². The van der Waals surface area contributed by atoms with Crippen molar-refractivity contribution in [3.05, 3.63) is 35.2 Å². The summed E-state index contributed by atoms with van der Waals surface area (Å²) < 4.78 is 24.4. The quantitative estimate of drug-likeness (QED) is 0.816. The minimum absolute atomic E-state index is 0.0925. The summed E-state index contributed by atoms with van der Waals surface area (Å²) in [5.41, 5.74) is 0. The molecule has 0 spiro atoms. The molecule has 1 aromatic carbocycles. The van der Waals surface area contributed by atoms with Gasteiger partial charge in [0.05, 0.1) is 16.4 Å². The second kappa shape index (κ2) is 6.13. The molecule has 2 aliphatic rings. The van der Waals surface area contributed by atoms with Gasteiger partial charge in [-0.2, -0.15) is 0 Å². The van der Waals surface area contributed by atoms with E-state index in [1.165, 1.54) is 0 Å². The van der Waals surface area contributed by atoms with E-state index in [0.717, 1.165) is 34.5 Å². The largest absolute Gasteiger partial charge is 0.335 e. The number of hydrogen-bond donors (Lipinski definition) is 0. The molecule has 0 saturated carbocycles. The van der Waals surface area contributed by atoms with E-state index in [-0.39, 0.29) is 17.7 Å². The third kappa shape index (κ3) is 3.08. The number of hydrogen-bond acceptors (Lipinski definition) is 5. The summed E-state index contributed by atoms with van der Waals surface area (Å²) >= 11 is 1.54. The minimum atomic E-state index is -2.85. The lowest BCUT2D eigenvalue weighted by Crippen LogP contribution is -2.52. The first-order valence-corrected chi connectivity index (χ1v) is 10.9. The molecule has 2 saturated heterocycles. The maximum Gasteiger partial charge on any atom is 0.264 e. The van der Waals surface area contributed by atoms with Crippen LogP contribution in [0.15, 0.2) is 30.3 Å². The van der Waals surface area contributed by atoms with Gasteiger partial charge in [-0.25, -0.2) is 8.42 Å². The van der Waals surface area contributed by atoms with E-state index in [1.807, 2.05) is 35.2 Å². The highest BCUT2D eigenvalue weighted by molar-refractivity contribution is 7.91. The van der Waals surface area contributed by atoms with Crippen molar-refractivity contribution in [2.45, 2.75) is 12.5 Å². The second-order valence-corrected chi connectivity index (χ2v) is 9.85. The third-order valence-corrected chi connectivity index (χ3v) is 7.82. The van der Waals surface area contributed by atoms with Gasteiger partial charge in [0.15, 0.2) is 9.84 Å². The highest BCUT2D eigenvalue weighted by atomic mass is 32.2. The Balaban J connectivity index is 1.41. The smallest absolute Gasteiger partial charge is 0.264 e. The fourth-order valence-electron chi connectivity index (χ4n) is 3.60. The summed E-state index contributed by atoms with van der Waals surface area (Å²) in [6.45, 7) is 2.86. The van der Waals surface area contributed by atoms with Crippen LogP contribution >= 0.6 is 11.3 Å². The standard InChI is InChI=1S/C17H20N2O3S2/c20-17(16-11-13-3-1-2-4-15(13)23-16)19-8-6-18(7-9-19)14-5-10-24(21,22)12-14/h1-4,11,14H,5-10,12H2/t14-/m1/s1. The van der Waals surface area contributed by atoms with Crippen molar-refractivity contribution in [2.24, 2.45) is 0 Å². The molecule has 128 valence electrons. The number of benzene rings is 1. The molecular weight excluding hydrogens is 344 g/mol. The number of amides is 1. The van der Waals surface area contributed by atoms with Crippen LogP contribution in [0.3, 0.4) is 0 Å². The molecular formula is C17H20N2O3S2. The molecule has 0 radical (unpaired) electrons. The monoisotopic (exact) mass is 364 g/mol. The number of thiophene rings is 1. The molecule has 0 N–H and O–H groups in total. The van der Waals surface area contributed by atoms with E-state index in [0.29, 0.717) is 18.8 Å². The van der Waals surface area contributed by atoms with Crippen LogP contribution in [-0.4, -0.2) is 67.9 Å². The summed E-state index contributed by atoms with van der Waals surface area (Å²) in [7, 11) is -2.85. The minimum Gasteiger partial charge on any atom is -0.335 e. The van der Waals surface area contributed by atoms with Gasteiger partial charge in [0.2, 0.25) is 0 Å². The predicted octanol–water partition coefficient (Wildman–Crippen LogP) is 1.85. The SMILES string of the molecule is O=C(c1cc2ccccc2s1)N1CCN([C@@H]2CCS(=O)(=O)C2)CC1. The molecule has 1 atom stereocenters. The number of rotatable bonds is 2. The van der Waals surface area contributed by atoms with Crippen LogP contribution in [0.4, 0.5) is 0 Å². The Bertz CT molecular complexity index is 834. The van der Waals surface area contributed by atoms with Crippen molar-refractivity contribution in [1.29, 1.82) is 0 Å². The van der Waals surface area contributed by atoms with E-state index < -0.39 is 9.84 Å². The Morgan fingerprint density at radius 2 is 1.88 bits per heavy atom. The lowest BCUT2D eigenvalue weighted by atomic mass is 10.2. The summed E-state index contributed by atoms with van der Waals surface area (Å²) in [6.07, 6.45) is 0.729. The molecule has 7 heteroatoms. The molecule has 1 amide bonds. The number of sulfone groups is 1. The van der Waals surface area contributed by atoms with Crippen LogP contribution in [0.1, 0.15) is 16.1 Å². The first kappa shape index (κ1) is 16.1. The van der Waals surface area contributed by atoms with Crippen LogP contribution in [0.25, 0.3) is 10.1 Å². The van der Waals surface area contributed by atoms with Gasteiger partial charge in [-0.05, 0) is 23.9 Å². The maximum atomic E-state index is 12.7. The summed E-state index contributed by atoms with van der Waals surface area (Å²) in [6, 6.07) is 10.1. The Morgan fingerprint density at radius 1 is 1.12 bits per heavy atom. The van der Waals surface area contributed by atoms with Crippen LogP contribution in [-0.2, 0) is 9.84 Å². The lowest BCUT2D eigenvalue weighted by molar-refractivity contribution is 0.0592. The summed E-state index contributed by atoms with van der Waals surface area (Å²) in [5, 5.41) is 1.11. The summed E-state index contributed by atoms with van der Waals surface area (Å²) in [4.78, 5) is 17.6. The molecule has 1 aromatic heterocycles. The summed E-state index contributed by atoms with van der Waals surface area (Å²) in [5.74, 6) is 0.672. The first-order valence-electron chi connectivity index (χ1n) is 8.24. The molecule has 0 aliphatic carbocycles. The zero-order chi connectivity index (χ0) is 16.7. The third-order valence-electron chi connectivity index (χ3n) is 4.96. The van der Waals surface area contributed by atoms with E-state index >= 15 is 0 Å². The molecule has 0 bridgehead atoms. The van der Waals surface area contributed by atoms with Gasteiger partial charge < -0.3 is 4.90 Å². The molecule has 3 heterocycles. The van der Waals surface area contributed by atoms with Crippen molar-refractivity contribution in [3.63, 3.8) is 0 Å². The van der Waals surface area contributed by atoms with Gasteiger partial charge in [0.25, 0.3) is 5.91 Å². The van der Waals surface area contributed by atoms with Gasteiger partial charge in [-0.3, -0.25) is 9.69 Å². The van der Waals surface area contributed by atoms with Crippen molar-refractivity contribution >= 4 is 37.2 Å². The number of carbonyl (C=O) groups excluding carboxylic acids is 1. The molecule has 24 heavy (non-hydrogen) atoms. The average Bonchev–Trinajstić information content (AvgIpc) is 3.17. The Hall–Kier alpha value is -1.44. The van der Waals surface area contributed by atoms with E-state index in [2.05, 4.69) is 4.90 Å². The highest BCUT2D eigenvalue weighted by Gasteiger charge is 2.34. The predicted molar refractivity (Wildman–Crippen MR) is 96.4 cm³/mol. The molecule has 2 fully saturated rings. The van der Waals surface area contributed by atoms with E-state index in [9.17, 15) is 13.2 Å². The number of nitrogens with zero attached hydrogens (tertiary/aromatic N) is 2. The van der Waals surface area contributed by atoms with Gasteiger partial charge in [-0.15, -0.1) is 11.3 Å². The molecule has 5 nitrogen and oxygen atoms in total. The number of piperazine rings is 1. The maximum absolute atomic E-state index is 12.7. The first-order chi connectivity index (χ1) is 11.5. The van der Waals surface area contributed by atoms with Crippen molar-refractivity contribution < 1.29 is 13.2 Å². The van der Waals surface area contributed by atoms with Crippen LogP contribution in [0.2, 0.25) is 0 Å². The fraction of sp³-hybridized carbons (Fsp3) is 0.471. The Morgan fingerprint density at radius 3 is 2.54 bits per heavy atom. The molecule has 4 rings (SSSR count). The van der Waals surface area contributed by atoms with E-state index in [1.54, 1.807) is 11.3 Å². The van der Waals surface area contributed by atoms with Crippen molar-refractivity contribution in [2.75, 3.05) is 37.7 Å². The van der Waals surface area contributed by atoms with Crippen LogP contribution in [0, 0.1) is 0 Å². The molecule has 0 unspecified atom stereocenters. The second-order valence-electron chi connectivity index (χ2n) is 6.53. The normalized spacial score (nSPS) is 24.5. The zero-order valence-electron chi connectivity index (χ0n) is 13.3. The van der Waals surface area contributed by atoms with Gasteiger partial charge in [0.1, 0.15) is 0 Å². The number of carbonyl (C=O) groups is 1. The Kier molecular flexibility index (Phi) is 4.10. The average molecular weight is 364 g/mol. The van der Waals surface area contributed by atoms with Crippen molar-refractivity contribution in [3.8, 4) is 0 Å².